The number of Topliss-reactive ketones (excluding diaryl/α,β-unsaturated/α-hetero) is 1. The number of aryl methyl sites for hydroxylation is 1. The maximum atomic E-state index is 11.8. The van der Waals surface area contributed by atoms with Crippen LogP contribution in [0.3, 0.4) is 0 Å². The van der Waals surface area contributed by atoms with E-state index in [1.807, 2.05) is 11.4 Å². The largest absolute Gasteiger partial charge is 0.330 e. The molecule has 0 N–H and O–H groups in total. The van der Waals surface area contributed by atoms with E-state index in [9.17, 15) is 14.4 Å². The van der Waals surface area contributed by atoms with Crippen molar-refractivity contribution in [1.29, 1.82) is 0 Å². The minimum absolute atomic E-state index is 0.0517. The number of hydrogen-bond acceptors (Lipinski definition) is 4. The lowest BCUT2D eigenvalue weighted by atomic mass is 10.2. The summed E-state index contributed by atoms with van der Waals surface area (Å²) < 4.78 is 2.50. The van der Waals surface area contributed by atoms with Gasteiger partial charge in [0.15, 0.2) is 5.78 Å². The van der Waals surface area contributed by atoms with Gasteiger partial charge >= 0.3 is 5.69 Å². The van der Waals surface area contributed by atoms with Gasteiger partial charge < -0.3 is 4.57 Å². The van der Waals surface area contributed by atoms with Crippen molar-refractivity contribution in [3.63, 3.8) is 0 Å². The first-order chi connectivity index (χ1) is 9.09. The normalized spacial score (nSPS) is 10.6. The summed E-state index contributed by atoms with van der Waals surface area (Å²) >= 11 is 1.40. The molecule has 0 spiro atoms. The van der Waals surface area contributed by atoms with Crippen molar-refractivity contribution in [2.75, 3.05) is 0 Å². The Morgan fingerprint density at radius 3 is 2.79 bits per heavy atom. The van der Waals surface area contributed by atoms with E-state index < -0.39 is 0 Å². The standard InChI is InChI=1S/C13H14N2O3S/c1-14-8-6-12(17)15(13(14)18)7-2-4-10(16)11-5-3-9-19-11/h3,5-6,8-9H,2,4,7H2,1H3. The van der Waals surface area contributed by atoms with E-state index >= 15 is 0 Å². The zero-order valence-corrected chi connectivity index (χ0v) is 11.4. The van der Waals surface area contributed by atoms with Gasteiger partial charge in [0.2, 0.25) is 0 Å². The van der Waals surface area contributed by atoms with E-state index in [1.165, 1.54) is 28.2 Å². The zero-order valence-electron chi connectivity index (χ0n) is 10.5. The van der Waals surface area contributed by atoms with E-state index in [1.54, 1.807) is 13.1 Å². The lowest BCUT2D eigenvalue weighted by molar-refractivity contribution is 0.0982. The third kappa shape index (κ3) is 3.08. The molecule has 2 rings (SSSR count). The van der Waals surface area contributed by atoms with E-state index in [2.05, 4.69) is 0 Å². The molecule has 0 atom stereocenters. The van der Waals surface area contributed by atoms with Gasteiger partial charge in [0.05, 0.1) is 4.88 Å². The molecule has 6 heteroatoms. The van der Waals surface area contributed by atoms with Crippen LogP contribution in [0, 0.1) is 0 Å². The first-order valence-electron chi connectivity index (χ1n) is 5.93. The molecule has 100 valence electrons. The van der Waals surface area contributed by atoms with Crippen molar-refractivity contribution in [2.45, 2.75) is 19.4 Å². The van der Waals surface area contributed by atoms with Crippen LogP contribution in [0.5, 0.6) is 0 Å². The Bertz CT molecular complexity index is 683. The monoisotopic (exact) mass is 278 g/mol. The molecule has 0 fully saturated rings. The Kier molecular flexibility index (Phi) is 4.11. The highest BCUT2D eigenvalue weighted by atomic mass is 32.1. The predicted octanol–water partition coefficient (Wildman–Crippen LogP) is 1.27. The van der Waals surface area contributed by atoms with Crippen LogP contribution < -0.4 is 11.2 Å². The van der Waals surface area contributed by atoms with Gasteiger partial charge in [-0.3, -0.25) is 14.2 Å². The van der Waals surface area contributed by atoms with Gasteiger partial charge in [0.1, 0.15) is 0 Å². The summed E-state index contributed by atoms with van der Waals surface area (Å²) in [4.78, 5) is 35.8. The number of thiophene rings is 1. The number of ketones is 1. The fraction of sp³-hybridized carbons (Fsp3) is 0.308. The number of carbonyl (C=O) groups is 1. The molecular formula is C13H14N2O3S. The molecule has 0 aliphatic rings. The van der Waals surface area contributed by atoms with Crippen LogP contribution in [0.1, 0.15) is 22.5 Å². The Morgan fingerprint density at radius 1 is 1.32 bits per heavy atom. The van der Waals surface area contributed by atoms with Crippen LogP contribution in [0.15, 0.2) is 39.4 Å². The highest BCUT2D eigenvalue weighted by Crippen LogP contribution is 2.12. The Labute approximate surface area is 113 Å². The van der Waals surface area contributed by atoms with Gasteiger partial charge in [-0.25, -0.2) is 4.79 Å². The second-order valence-electron chi connectivity index (χ2n) is 4.20. The third-order valence-corrected chi connectivity index (χ3v) is 3.73. The maximum absolute atomic E-state index is 11.8. The van der Waals surface area contributed by atoms with Crippen LogP contribution in [0.2, 0.25) is 0 Å². The minimum atomic E-state index is -0.351. The number of hydrogen-bond donors (Lipinski definition) is 0. The van der Waals surface area contributed by atoms with Crippen LogP contribution in [0.25, 0.3) is 0 Å². The van der Waals surface area contributed by atoms with E-state index in [-0.39, 0.29) is 23.6 Å². The molecule has 5 nitrogen and oxygen atoms in total. The quantitative estimate of drug-likeness (QED) is 0.774. The summed E-state index contributed by atoms with van der Waals surface area (Å²) in [5.74, 6) is 0.0517. The molecule has 0 bridgehead atoms. The van der Waals surface area contributed by atoms with Crippen molar-refractivity contribution >= 4 is 17.1 Å². The zero-order chi connectivity index (χ0) is 13.8. The molecule has 0 amide bonds. The number of nitrogens with zero attached hydrogens (tertiary/aromatic N) is 2. The number of rotatable bonds is 5. The summed E-state index contributed by atoms with van der Waals surface area (Å²) in [5, 5.41) is 1.85. The van der Waals surface area contributed by atoms with Gasteiger partial charge in [0, 0.05) is 32.3 Å². The molecule has 0 aliphatic heterocycles. The summed E-state index contributed by atoms with van der Waals surface area (Å²) in [6.45, 7) is 0.267. The Morgan fingerprint density at radius 2 is 2.11 bits per heavy atom. The summed E-state index contributed by atoms with van der Waals surface area (Å²) in [6.07, 6.45) is 2.26. The lowest BCUT2D eigenvalue weighted by Crippen LogP contribution is -2.37. The second-order valence-corrected chi connectivity index (χ2v) is 5.15. The van der Waals surface area contributed by atoms with Crippen molar-refractivity contribution in [3.05, 3.63) is 55.5 Å². The van der Waals surface area contributed by atoms with E-state index in [0.717, 1.165) is 4.57 Å². The predicted molar refractivity (Wildman–Crippen MR) is 73.8 cm³/mol. The Hall–Kier alpha value is -1.95. The number of carbonyl (C=O) groups excluding carboxylic acids is 1. The highest BCUT2D eigenvalue weighted by molar-refractivity contribution is 7.12. The molecule has 2 aromatic rings. The van der Waals surface area contributed by atoms with Crippen LogP contribution in [-0.4, -0.2) is 14.9 Å². The fourth-order valence-electron chi connectivity index (χ4n) is 1.78. The fourth-order valence-corrected chi connectivity index (χ4v) is 2.47. The smallest absolute Gasteiger partial charge is 0.303 e. The molecule has 0 unspecified atom stereocenters. The first kappa shape index (κ1) is 13.5. The maximum Gasteiger partial charge on any atom is 0.330 e. The van der Waals surface area contributed by atoms with Gasteiger partial charge in [-0.2, -0.15) is 0 Å². The van der Waals surface area contributed by atoms with E-state index in [4.69, 9.17) is 0 Å². The van der Waals surface area contributed by atoms with Crippen molar-refractivity contribution in [3.8, 4) is 0 Å². The summed E-state index contributed by atoms with van der Waals surface area (Å²) in [6, 6.07) is 4.96. The van der Waals surface area contributed by atoms with Gasteiger partial charge in [0.25, 0.3) is 5.56 Å². The van der Waals surface area contributed by atoms with Crippen LogP contribution in [-0.2, 0) is 13.6 Å². The molecule has 2 heterocycles. The highest BCUT2D eigenvalue weighted by Gasteiger charge is 2.08. The molecule has 0 radical (unpaired) electrons. The van der Waals surface area contributed by atoms with Crippen molar-refractivity contribution in [2.24, 2.45) is 7.05 Å². The topological polar surface area (TPSA) is 61.1 Å². The van der Waals surface area contributed by atoms with E-state index in [0.29, 0.717) is 17.7 Å². The summed E-state index contributed by atoms with van der Waals surface area (Å²) in [7, 11) is 1.59. The average molecular weight is 278 g/mol. The molecule has 0 saturated carbocycles. The molecule has 0 aliphatic carbocycles. The van der Waals surface area contributed by atoms with Crippen LogP contribution >= 0.6 is 11.3 Å². The minimum Gasteiger partial charge on any atom is -0.303 e. The summed E-state index contributed by atoms with van der Waals surface area (Å²) in [5.41, 5.74) is -0.678. The molecule has 0 aromatic carbocycles. The third-order valence-electron chi connectivity index (χ3n) is 2.82. The lowest BCUT2D eigenvalue weighted by Gasteiger charge is -2.05. The number of aromatic nitrogens is 2. The van der Waals surface area contributed by atoms with Gasteiger partial charge in [-0.1, -0.05) is 6.07 Å². The average Bonchev–Trinajstić information content (AvgIpc) is 2.92. The van der Waals surface area contributed by atoms with Crippen LogP contribution in [0.4, 0.5) is 0 Å². The molecule has 0 saturated heterocycles. The first-order valence-corrected chi connectivity index (χ1v) is 6.81. The second kappa shape index (κ2) is 5.79. The molecule has 2 aromatic heterocycles. The van der Waals surface area contributed by atoms with Gasteiger partial charge in [-0.15, -0.1) is 11.3 Å². The van der Waals surface area contributed by atoms with Gasteiger partial charge in [-0.05, 0) is 17.9 Å². The van der Waals surface area contributed by atoms with Crippen molar-refractivity contribution < 1.29 is 4.79 Å². The molecule has 19 heavy (non-hydrogen) atoms. The SMILES string of the molecule is Cn1ccc(=O)n(CCCC(=O)c2cccs2)c1=O. The Balaban J connectivity index is 2.01. The molecular weight excluding hydrogens is 264 g/mol. The van der Waals surface area contributed by atoms with Crippen molar-refractivity contribution in [1.82, 2.24) is 9.13 Å².